The SMILES string of the molecule is Cc1ccc(S(=O)(=O)NCCC[C@H](NC(=O)OC(C)(C)C)C(=O)O)cc1. The van der Waals surface area contributed by atoms with Crippen LogP contribution in [-0.4, -0.2) is 43.8 Å². The van der Waals surface area contributed by atoms with E-state index in [1.54, 1.807) is 32.9 Å². The van der Waals surface area contributed by atoms with E-state index in [0.717, 1.165) is 5.56 Å². The summed E-state index contributed by atoms with van der Waals surface area (Å²) in [4.78, 5) is 23.0. The first-order valence-electron chi connectivity index (χ1n) is 8.19. The third-order valence-corrected chi connectivity index (χ3v) is 4.76. The number of ether oxygens (including phenoxy) is 1. The second kappa shape index (κ2) is 9.00. The zero-order valence-electron chi connectivity index (χ0n) is 15.4. The lowest BCUT2D eigenvalue weighted by Gasteiger charge is -2.22. The maximum atomic E-state index is 12.1. The Balaban J connectivity index is 2.51. The number of sulfonamides is 1. The average molecular weight is 386 g/mol. The topological polar surface area (TPSA) is 122 Å². The molecule has 0 bridgehead atoms. The van der Waals surface area contributed by atoms with E-state index in [9.17, 15) is 23.1 Å². The zero-order valence-corrected chi connectivity index (χ0v) is 16.2. The van der Waals surface area contributed by atoms with Crippen LogP contribution in [0.15, 0.2) is 29.2 Å². The van der Waals surface area contributed by atoms with Gasteiger partial charge < -0.3 is 15.2 Å². The van der Waals surface area contributed by atoms with E-state index >= 15 is 0 Å². The van der Waals surface area contributed by atoms with Crippen LogP contribution in [0.25, 0.3) is 0 Å². The minimum absolute atomic E-state index is 0.0516. The Bertz CT molecular complexity index is 723. The molecule has 0 aromatic heterocycles. The van der Waals surface area contributed by atoms with Crippen molar-refractivity contribution in [2.24, 2.45) is 0 Å². The summed E-state index contributed by atoms with van der Waals surface area (Å²) in [6.45, 7) is 6.91. The molecule has 1 atom stereocenters. The molecular formula is C17H26N2O6S. The molecule has 1 aromatic rings. The van der Waals surface area contributed by atoms with Gasteiger partial charge in [-0.05, 0) is 52.7 Å². The summed E-state index contributed by atoms with van der Waals surface area (Å²) in [5, 5.41) is 11.4. The second-order valence-corrected chi connectivity index (χ2v) is 8.66. The number of aliphatic carboxylic acids is 1. The fourth-order valence-corrected chi connectivity index (χ4v) is 3.09. The molecule has 0 radical (unpaired) electrons. The van der Waals surface area contributed by atoms with Gasteiger partial charge in [-0.3, -0.25) is 0 Å². The standard InChI is InChI=1S/C17H26N2O6S/c1-12-7-9-13(10-8-12)26(23,24)18-11-5-6-14(15(20)21)19-16(22)25-17(2,3)4/h7-10,14,18H,5-6,11H2,1-4H3,(H,19,22)(H,20,21)/t14-/m0/s1. The number of hydrogen-bond acceptors (Lipinski definition) is 5. The van der Waals surface area contributed by atoms with Gasteiger partial charge in [-0.15, -0.1) is 0 Å². The van der Waals surface area contributed by atoms with Crippen molar-refractivity contribution in [1.82, 2.24) is 10.0 Å². The largest absolute Gasteiger partial charge is 0.480 e. The van der Waals surface area contributed by atoms with Gasteiger partial charge in [-0.25, -0.2) is 22.7 Å². The molecule has 9 heteroatoms. The van der Waals surface area contributed by atoms with Gasteiger partial charge in [0.25, 0.3) is 0 Å². The van der Waals surface area contributed by atoms with E-state index < -0.39 is 33.7 Å². The van der Waals surface area contributed by atoms with E-state index in [4.69, 9.17) is 4.74 Å². The number of carbonyl (C=O) groups is 2. The summed E-state index contributed by atoms with van der Waals surface area (Å²) in [7, 11) is -3.65. The maximum Gasteiger partial charge on any atom is 0.408 e. The second-order valence-electron chi connectivity index (χ2n) is 6.89. The summed E-state index contributed by atoms with van der Waals surface area (Å²) in [6.07, 6.45) is -0.534. The Morgan fingerprint density at radius 3 is 2.27 bits per heavy atom. The lowest BCUT2D eigenvalue weighted by molar-refractivity contribution is -0.139. The molecule has 146 valence electrons. The van der Waals surface area contributed by atoms with Crippen molar-refractivity contribution < 1.29 is 27.9 Å². The molecular weight excluding hydrogens is 360 g/mol. The number of carboxylic acid groups (broad SMARTS) is 1. The number of rotatable bonds is 8. The minimum Gasteiger partial charge on any atom is -0.480 e. The molecule has 1 rings (SSSR count). The lowest BCUT2D eigenvalue weighted by Crippen LogP contribution is -2.43. The van der Waals surface area contributed by atoms with Crippen LogP contribution in [0.4, 0.5) is 4.79 Å². The molecule has 0 fully saturated rings. The fourth-order valence-electron chi connectivity index (χ4n) is 2.02. The molecule has 0 aliphatic carbocycles. The maximum absolute atomic E-state index is 12.1. The minimum atomic E-state index is -3.65. The van der Waals surface area contributed by atoms with Gasteiger partial charge in [0.05, 0.1) is 4.90 Å². The molecule has 0 spiro atoms. The molecule has 3 N–H and O–H groups in total. The predicted octanol–water partition coefficient (Wildman–Crippen LogP) is 2.03. The third kappa shape index (κ3) is 7.83. The zero-order chi connectivity index (χ0) is 20.0. The van der Waals surface area contributed by atoms with E-state index in [-0.39, 0.29) is 24.3 Å². The summed E-state index contributed by atoms with van der Waals surface area (Å²) >= 11 is 0. The van der Waals surface area contributed by atoms with Crippen molar-refractivity contribution in [3.8, 4) is 0 Å². The van der Waals surface area contributed by atoms with E-state index in [0.29, 0.717) is 0 Å². The third-order valence-electron chi connectivity index (χ3n) is 3.28. The van der Waals surface area contributed by atoms with Gasteiger partial charge in [-0.2, -0.15) is 0 Å². The Hall–Kier alpha value is -2.13. The van der Waals surface area contributed by atoms with Crippen LogP contribution in [0.3, 0.4) is 0 Å². The highest BCUT2D eigenvalue weighted by Crippen LogP contribution is 2.10. The van der Waals surface area contributed by atoms with E-state index in [2.05, 4.69) is 10.0 Å². The van der Waals surface area contributed by atoms with Crippen molar-refractivity contribution in [1.29, 1.82) is 0 Å². The number of nitrogens with one attached hydrogen (secondary N) is 2. The van der Waals surface area contributed by atoms with Crippen LogP contribution in [0, 0.1) is 6.92 Å². The van der Waals surface area contributed by atoms with Crippen LogP contribution in [0.5, 0.6) is 0 Å². The number of hydrogen-bond donors (Lipinski definition) is 3. The van der Waals surface area contributed by atoms with Crippen molar-refractivity contribution in [2.75, 3.05) is 6.54 Å². The Labute approximate surface area is 154 Å². The smallest absolute Gasteiger partial charge is 0.408 e. The number of aryl methyl sites for hydroxylation is 1. The molecule has 1 aromatic carbocycles. The van der Waals surface area contributed by atoms with Gasteiger partial charge in [0.2, 0.25) is 10.0 Å². The number of benzene rings is 1. The lowest BCUT2D eigenvalue weighted by atomic mass is 10.1. The average Bonchev–Trinajstić information content (AvgIpc) is 2.48. The van der Waals surface area contributed by atoms with Crippen LogP contribution in [0.1, 0.15) is 39.2 Å². The molecule has 0 unspecified atom stereocenters. The summed E-state index contributed by atoms with van der Waals surface area (Å²) in [5.74, 6) is -1.21. The highest BCUT2D eigenvalue weighted by atomic mass is 32.2. The monoisotopic (exact) mass is 386 g/mol. The molecule has 26 heavy (non-hydrogen) atoms. The van der Waals surface area contributed by atoms with Gasteiger partial charge in [0.15, 0.2) is 0 Å². The van der Waals surface area contributed by atoms with Crippen molar-refractivity contribution in [3.05, 3.63) is 29.8 Å². The highest BCUT2D eigenvalue weighted by Gasteiger charge is 2.23. The van der Waals surface area contributed by atoms with Crippen LogP contribution in [0.2, 0.25) is 0 Å². The molecule has 1 amide bonds. The molecule has 0 aliphatic heterocycles. The Morgan fingerprint density at radius 1 is 1.19 bits per heavy atom. The van der Waals surface area contributed by atoms with Gasteiger partial charge in [-0.1, -0.05) is 17.7 Å². The van der Waals surface area contributed by atoms with E-state index in [1.165, 1.54) is 12.1 Å². The van der Waals surface area contributed by atoms with E-state index in [1.807, 2.05) is 6.92 Å². The highest BCUT2D eigenvalue weighted by molar-refractivity contribution is 7.89. The normalized spacial score (nSPS) is 13.1. The molecule has 0 heterocycles. The number of carbonyl (C=O) groups excluding carboxylic acids is 1. The van der Waals surface area contributed by atoms with Gasteiger partial charge >= 0.3 is 12.1 Å². The fraction of sp³-hybridized carbons (Fsp3) is 0.529. The van der Waals surface area contributed by atoms with Crippen LogP contribution < -0.4 is 10.0 Å². The summed E-state index contributed by atoms with van der Waals surface area (Å²) in [6, 6.07) is 5.23. The summed E-state index contributed by atoms with van der Waals surface area (Å²) in [5.41, 5.74) is 0.207. The molecule has 0 aliphatic rings. The van der Waals surface area contributed by atoms with Crippen molar-refractivity contribution in [2.45, 2.75) is 57.1 Å². The first-order valence-corrected chi connectivity index (χ1v) is 9.68. The number of carboxylic acids is 1. The Kier molecular flexibility index (Phi) is 7.58. The Morgan fingerprint density at radius 2 is 1.77 bits per heavy atom. The van der Waals surface area contributed by atoms with Crippen molar-refractivity contribution >= 4 is 22.1 Å². The number of alkyl carbamates (subject to hydrolysis) is 1. The van der Waals surface area contributed by atoms with Gasteiger partial charge in [0, 0.05) is 6.54 Å². The van der Waals surface area contributed by atoms with Gasteiger partial charge in [0.1, 0.15) is 11.6 Å². The van der Waals surface area contributed by atoms with Crippen LogP contribution in [-0.2, 0) is 19.6 Å². The summed E-state index contributed by atoms with van der Waals surface area (Å²) < 4.78 is 31.7. The quantitative estimate of drug-likeness (QED) is 0.588. The number of amides is 1. The molecule has 0 saturated heterocycles. The van der Waals surface area contributed by atoms with Crippen molar-refractivity contribution in [3.63, 3.8) is 0 Å². The van der Waals surface area contributed by atoms with Crippen LogP contribution >= 0.6 is 0 Å². The molecule has 0 saturated carbocycles. The first kappa shape index (κ1) is 21.9. The predicted molar refractivity (Wildman–Crippen MR) is 96.4 cm³/mol. The first-order chi connectivity index (χ1) is 11.9. The molecule has 8 nitrogen and oxygen atoms in total.